The maximum Gasteiger partial charge on any atom is 0.137 e. The SMILES string of the molecule is CC(C)(C#N)c1cc(C#N)cc(Cn2cncn2)c1. The predicted octanol–water partition coefficient (Wildman–Crippen LogP) is 2.00. The van der Waals surface area contributed by atoms with Crippen LogP contribution in [0.25, 0.3) is 0 Å². The van der Waals surface area contributed by atoms with Crippen LogP contribution in [0.1, 0.15) is 30.5 Å². The average molecular weight is 251 g/mol. The number of benzene rings is 1. The summed E-state index contributed by atoms with van der Waals surface area (Å²) in [5.74, 6) is 0. The molecule has 1 aromatic carbocycles. The summed E-state index contributed by atoms with van der Waals surface area (Å²) in [4.78, 5) is 3.88. The summed E-state index contributed by atoms with van der Waals surface area (Å²) in [5.41, 5.74) is 1.70. The topological polar surface area (TPSA) is 78.3 Å². The van der Waals surface area contributed by atoms with Crippen molar-refractivity contribution in [3.63, 3.8) is 0 Å². The van der Waals surface area contributed by atoms with Gasteiger partial charge in [-0.05, 0) is 37.1 Å². The number of aromatic nitrogens is 3. The van der Waals surface area contributed by atoms with Crippen LogP contribution in [0.2, 0.25) is 0 Å². The van der Waals surface area contributed by atoms with Gasteiger partial charge in [0.1, 0.15) is 12.7 Å². The van der Waals surface area contributed by atoms with Crippen molar-refractivity contribution in [3.8, 4) is 12.1 Å². The molecular weight excluding hydrogens is 238 g/mol. The van der Waals surface area contributed by atoms with Gasteiger partial charge in [-0.2, -0.15) is 15.6 Å². The predicted molar refractivity (Wildman–Crippen MR) is 68.9 cm³/mol. The van der Waals surface area contributed by atoms with Crippen LogP contribution in [-0.2, 0) is 12.0 Å². The van der Waals surface area contributed by atoms with Gasteiger partial charge in [-0.1, -0.05) is 6.07 Å². The summed E-state index contributed by atoms with van der Waals surface area (Å²) in [7, 11) is 0. The number of nitrogens with zero attached hydrogens (tertiary/aromatic N) is 5. The van der Waals surface area contributed by atoms with Crippen LogP contribution < -0.4 is 0 Å². The molecule has 0 aliphatic rings. The van der Waals surface area contributed by atoms with Gasteiger partial charge in [0.15, 0.2) is 0 Å². The highest BCUT2D eigenvalue weighted by Gasteiger charge is 2.21. The standard InChI is InChI=1S/C14H13N5/c1-14(2,8-16)13-4-11(6-15)3-12(5-13)7-19-10-17-9-18-19/h3-5,9-10H,7H2,1-2H3. The first-order valence-corrected chi connectivity index (χ1v) is 5.83. The van der Waals surface area contributed by atoms with E-state index in [4.69, 9.17) is 5.26 Å². The molecule has 1 heterocycles. The molecule has 0 aliphatic heterocycles. The van der Waals surface area contributed by atoms with Crippen molar-refractivity contribution in [1.82, 2.24) is 14.8 Å². The van der Waals surface area contributed by atoms with Gasteiger partial charge in [0, 0.05) is 0 Å². The van der Waals surface area contributed by atoms with E-state index < -0.39 is 5.41 Å². The zero-order valence-corrected chi connectivity index (χ0v) is 10.8. The molecule has 1 aromatic heterocycles. The van der Waals surface area contributed by atoms with Gasteiger partial charge in [-0.3, -0.25) is 0 Å². The molecule has 0 spiro atoms. The van der Waals surface area contributed by atoms with Gasteiger partial charge in [0.25, 0.3) is 0 Å². The Hall–Kier alpha value is -2.66. The van der Waals surface area contributed by atoms with Gasteiger partial charge < -0.3 is 0 Å². The lowest BCUT2D eigenvalue weighted by Crippen LogP contribution is -2.15. The Kier molecular flexibility index (Phi) is 3.31. The summed E-state index contributed by atoms with van der Waals surface area (Å²) in [6.07, 6.45) is 3.09. The average Bonchev–Trinajstić information content (AvgIpc) is 2.91. The summed E-state index contributed by atoms with van der Waals surface area (Å²) in [6.45, 7) is 4.20. The largest absolute Gasteiger partial charge is 0.249 e. The Labute approximate surface area is 111 Å². The molecule has 0 atom stereocenters. The van der Waals surface area contributed by atoms with E-state index >= 15 is 0 Å². The fraction of sp³-hybridized carbons (Fsp3) is 0.286. The first-order valence-electron chi connectivity index (χ1n) is 5.83. The zero-order valence-electron chi connectivity index (χ0n) is 10.8. The van der Waals surface area contributed by atoms with E-state index in [1.54, 1.807) is 23.1 Å². The third kappa shape index (κ3) is 2.78. The maximum absolute atomic E-state index is 9.20. The number of rotatable bonds is 3. The second-order valence-corrected chi connectivity index (χ2v) is 4.86. The minimum Gasteiger partial charge on any atom is -0.249 e. The highest BCUT2D eigenvalue weighted by Crippen LogP contribution is 2.24. The van der Waals surface area contributed by atoms with Crippen molar-refractivity contribution in [2.24, 2.45) is 0 Å². The van der Waals surface area contributed by atoms with Gasteiger partial charge in [0.05, 0.1) is 29.7 Å². The van der Waals surface area contributed by atoms with E-state index in [-0.39, 0.29) is 0 Å². The van der Waals surface area contributed by atoms with Crippen molar-refractivity contribution in [2.75, 3.05) is 0 Å². The molecule has 0 fully saturated rings. The summed E-state index contributed by atoms with van der Waals surface area (Å²) in [6, 6.07) is 9.88. The summed E-state index contributed by atoms with van der Waals surface area (Å²) >= 11 is 0. The number of hydrogen-bond acceptors (Lipinski definition) is 4. The molecular formula is C14H13N5. The summed E-state index contributed by atoms with van der Waals surface area (Å²) in [5, 5.41) is 22.3. The van der Waals surface area contributed by atoms with Crippen molar-refractivity contribution < 1.29 is 0 Å². The van der Waals surface area contributed by atoms with Crippen molar-refractivity contribution in [3.05, 3.63) is 47.5 Å². The molecule has 0 aliphatic carbocycles. The first kappa shape index (κ1) is 12.8. The molecule has 2 aromatic rings. The van der Waals surface area contributed by atoms with Crippen molar-refractivity contribution in [2.45, 2.75) is 25.8 Å². The Morgan fingerprint density at radius 3 is 2.63 bits per heavy atom. The van der Waals surface area contributed by atoms with Gasteiger partial charge in [-0.15, -0.1) is 0 Å². The first-order chi connectivity index (χ1) is 9.05. The monoisotopic (exact) mass is 251 g/mol. The highest BCUT2D eigenvalue weighted by molar-refractivity contribution is 5.42. The quantitative estimate of drug-likeness (QED) is 0.835. The zero-order chi connectivity index (χ0) is 13.9. The van der Waals surface area contributed by atoms with Crippen LogP contribution in [-0.4, -0.2) is 14.8 Å². The minimum atomic E-state index is -0.621. The number of nitriles is 2. The Balaban J connectivity index is 2.43. The second kappa shape index (κ2) is 4.91. The molecule has 19 heavy (non-hydrogen) atoms. The highest BCUT2D eigenvalue weighted by atomic mass is 15.3. The van der Waals surface area contributed by atoms with E-state index in [0.717, 1.165) is 11.1 Å². The molecule has 0 saturated carbocycles. The lowest BCUT2D eigenvalue weighted by Gasteiger charge is -2.17. The maximum atomic E-state index is 9.20. The third-order valence-electron chi connectivity index (χ3n) is 2.93. The third-order valence-corrected chi connectivity index (χ3v) is 2.93. The molecule has 0 saturated heterocycles. The molecule has 0 N–H and O–H groups in total. The minimum absolute atomic E-state index is 0.532. The Morgan fingerprint density at radius 2 is 2.05 bits per heavy atom. The van der Waals surface area contributed by atoms with E-state index in [1.165, 1.54) is 6.33 Å². The van der Waals surface area contributed by atoms with Crippen LogP contribution in [0.3, 0.4) is 0 Å². The van der Waals surface area contributed by atoms with Gasteiger partial charge >= 0.3 is 0 Å². The van der Waals surface area contributed by atoms with Crippen LogP contribution in [0.15, 0.2) is 30.9 Å². The van der Waals surface area contributed by atoms with Crippen molar-refractivity contribution in [1.29, 1.82) is 10.5 Å². The lowest BCUT2D eigenvalue weighted by molar-refractivity contribution is 0.667. The molecule has 0 amide bonds. The Morgan fingerprint density at radius 1 is 1.26 bits per heavy atom. The van der Waals surface area contributed by atoms with Gasteiger partial charge in [0.2, 0.25) is 0 Å². The van der Waals surface area contributed by atoms with Crippen molar-refractivity contribution >= 4 is 0 Å². The fourth-order valence-electron chi connectivity index (χ4n) is 1.77. The van der Waals surface area contributed by atoms with E-state index in [2.05, 4.69) is 22.2 Å². The normalized spacial score (nSPS) is 10.7. The number of hydrogen-bond donors (Lipinski definition) is 0. The van der Waals surface area contributed by atoms with E-state index in [1.807, 2.05) is 19.9 Å². The lowest BCUT2D eigenvalue weighted by atomic mass is 9.84. The van der Waals surface area contributed by atoms with Crippen LogP contribution in [0.5, 0.6) is 0 Å². The van der Waals surface area contributed by atoms with Crippen LogP contribution in [0.4, 0.5) is 0 Å². The summed E-state index contributed by atoms with van der Waals surface area (Å²) < 4.78 is 1.68. The van der Waals surface area contributed by atoms with Gasteiger partial charge in [-0.25, -0.2) is 9.67 Å². The molecule has 2 rings (SSSR count). The molecule has 5 heteroatoms. The molecule has 0 unspecified atom stereocenters. The molecule has 94 valence electrons. The second-order valence-electron chi connectivity index (χ2n) is 4.86. The molecule has 0 bridgehead atoms. The Bertz CT molecular complexity index is 656. The molecule has 0 radical (unpaired) electrons. The fourth-order valence-corrected chi connectivity index (χ4v) is 1.77. The van der Waals surface area contributed by atoms with Crippen LogP contribution >= 0.6 is 0 Å². The van der Waals surface area contributed by atoms with E-state index in [9.17, 15) is 5.26 Å². The van der Waals surface area contributed by atoms with Crippen LogP contribution in [0, 0.1) is 22.7 Å². The van der Waals surface area contributed by atoms with E-state index in [0.29, 0.717) is 12.1 Å². The molecule has 5 nitrogen and oxygen atoms in total. The smallest absolute Gasteiger partial charge is 0.137 e.